The highest BCUT2D eigenvalue weighted by Crippen LogP contribution is 2.38. The van der Waals surface area contributed by atoms with Crippen LogP contribution in [-0.4, -0.2) is 57.7 Å². The molecule has 266 valence electrons. The third kappa shape index (κ3) is 9.33. The predicted octanol–water partition coefficient (Wildman–Crippen LogP) is 10.1. The first-order valence-electron chi connectivity index (χ1n) is 16.4. The Morgan fingerprint density at radius 1 is 0.941 bits per heavy atom. The van der Waals surface area contributed by atoms with Crippen LogP contribution in [0.25, 0.3) is 11.3 Å². The standard InChI is InChI=1S/C28H32ClN3OS.C11H7Cl2NO3/c1-20-7-4-5-8-21(20)19-28(32(2)3)16-14-23(15-17-28)31-26(33)25-9-6-18-30-27(25)34-24-12-10-22(29)11-13-24;1-5-8(11(15)16)10(14-17-5)9-6(12)3-2-4-7(9)13/h4-13,18,23H,14-17,19H2,1-3H3,(H,31,33);2-4H,1H3,(H,15,16). The minimum absolute atomic E-state index is 0.0278. The van der Waals surface area contributed by atoms with Crippen molar-refractivity contribution in [2.75, 3.05) is 14.1 Å². The molecule has 1 aliphatic rings. The van der Waals surface area contributed by atoms with Gasteiger partial charge in [-0.05, 0) is 120 Å². The van der Waals surface area contributed by atoms with E-state index in [1.165, 1.54) is 29.8 Å². The molecule has 1 aliphatic carbocycles. The lowest BCUT2D eigenvalue weighted by molar-refractivity contribution is 0.0695. The van der Waals surface area contributed by atoms with Gasteiger partial charge in [-0.15, -0.1) is 0 Å². The number of nitrogens with zero attached hydrogens (tertiary/aromatic N) is 3. The SMILES string of the molecule is Cc1ccccc1CC1(N(C)C)CCC(NC(=O)c2cccnc2Sc2ccc(Cl)cc2)CC1.Cc1onc(-c2c(Cl)cccc2Cl)c1C(=O)O. The lowest BCUT2D eigenvalue weighted by Gasteiger charge is -2.45. The molecular formula is C39H39Cl3N4O4S. The molecule has 0 unspecified atom stereocenters. The largest absolute Gasteiger partial charge is 0.477 e. The number of pyridine rings is 1. The van der Waals surface area contributed by atoms with Gasteiger partial charge in [0, 0.05) is 33.3 Å². The molecule has 51 heavy (non-hydrogen) atoms. The number of hydrogen-bond donors (Lipinski definition) is 2. The summed E-state index contributed by atoms with van der Waals surface area (Å²) in [7, 11) is 4.38. The second-order valence-corrected chi connectivity index (χ2v) is 15.1. The van der Waals surface area contributed by atoms with Crippen molar-refractivity contribution < 1.29 is 19.2 Å². The van der Waals surface area contributed by atoms with Gasteiger partial charge < -0.3 is 19.8 Å². The summed E-state index contributed by atoms with van der Waals surface area (Å²) < 4.78 is 4.87. The van der Waals surface area contributed by atoms with Crippen molar-refractivity contribution in [3.63, 3.8) is 0 Å². The molecule has 5 aromatic rings. The van der Waals surface area contributed by atoms with Crippen molar-refractivity contribution in [1.82, 2.24) is 20.4 Å². The lowest BCUT2D eigenvalue weighted by Crippen LogP contribution is -2.52. The molecule has 3 aromatic carbocycles. The molecule has 2 heterocycles. The molecule has 0 saturated heterocycles. The Balaban J connectivity index is 0.000000248. The molecular weight excluding hydrogens is 727 g/mol. The van der Waals surface area contributed by atoms with Crippen LogP contribution in [-0.2, 0) is 6.42 Å². The summed E-state index contributed by atoms with van der Waals surface area (Å²) in [6, 6.07) is 25.0. The molecule has 0 bridgehead atoms. The van der Waals surface area contributed by atoms with Gasteiger partial charge in [0.15, 0.2) is 0 Å². The van der Waals surface area contributed by atoms with Crippen LogP contribution in [0.15, 0.2) is 99.5 Å². The number of nitrogens with one attached hydrogen (secondary N) is 1. The molecule has 0 radical (unpaired) electrons. The molecule has 1 fully saturated rings. The molecule has 8 nitrogen and oxygen atoms in total. The summed E-state index contributed by atoms with van der Waals surface area (Å²) in [6.45, 7) is 3.71. The summed E-state index contributed by atoms with van der Waals surface area (Å²) >= 11 is 19.5. The molecule has 6 rings (SSSR count). The maximum absolute atomic E-state index is 13.2. The van der Waals surface area contributed by atoms with E-state index >= 15 is 0 Å². The van der Waals surface area contributed by atoms with Crippen molar-refractivity contribution in [3.05, 3.63) is 128 Å². The van der Waals surface area contributed by atoms with Gasteiger partial charge in [0.2, 0.25) is 0 Å². The Kier molecular flexibility index (Phi) is 12.9. The zero-order chi connectivity index (χ0) is 36.7. The van der Waals surface area contributed by atoms with Crippen LogP contribution in [0.1, 0.15) is 63.3 Å². The minimum Gasteiger partial charge on any atom is -0.477 e. The Labute approximate surface area is 317 Å². The van der Waals surface area contributed by atoms with E-state index < -0.39 is 5.97 Å². The molecule has 12 heteroatoms. The van der Waals surface area contributed by atoms with Crippen LogP contribution in [0.4, 0.5) is 0 Å². The summed E-state index contributed by atoms with van der Waals surface area (Å²) in [4.78, 5) is 32.2. The summed E-state index contributed by atoms with van der Waals surface area (Å²) in [5.41, 5.74) is 3.99. The first-order chi connectivity index (χ1) is 24.4. The van der Waals surface area contributed by atoms with Crippen molar-refractivity contribution in [3.8, 4) is 11.3 Å². The number of halogens is 3. The highest BCUT2D eigenvalue weighted by atomic mass is 35.5. The van der Waals surface area contributed by atoms with Crippen molar-refractivity contribution in [1.29, 1.82) is 0 Å². The molecule has 0 spiro atoms. The molecule has 1 amide bonds. The summed E-state index contributed by atoms with van der Waals surface area (Å²) in [6.07, 6.45) is 6.81. The maximum atomic E-state index is 13.2. The van der Waals surface area contributed by atoms with E-state index in [1.807, 2.05) is 36.4 Å². The van der Waals surface area contributed by atoms with E-state index in [-0.39, 0.29) is 34.5 Å². The first-order valence-corrected chi connectivity index (χ1v) is 18.4. The van der Waals surface area contributed by atoms with Gasteiger partial charge in [0.25, 0.3) is 5.91 Å². The number of carboxylic acid groups (broad SMARTS) is 1. The first kappa shape index (κ1) is 38.4. The van der Waals surface area contributed by atoms with Crippen molar-refractivity contribution in [2.45, 2.75) is 67.5 Å². The Bertz CT molecular complexity index is 1970. The second-order valence-electron chi connectivity index (χ2n) is 12.7. The van der Waals surface area contributed by atoms with Gasteiger partial charge >= 0.3 is 5.97 Å². The van der Waals surface area contributed by atoms with Crippen LogP contribution in [0.2, 0.25) is 15.1 Å². The van der Waals surface area contributed by atoms with Crippen LogP contribution < -0.4 is 5.32 Å². The average molecular weight is 766 g/mol. The van der Waals surface area contributed by atoms with Crippen molar-refractivity contribution in [2.24, 2.45) is 0 Å². The van der Waals surface area contributed by atoms with Gasteiger partial charge in [-0.3, -0.25) is 4.79 Å². The number of carboxylic acids is 1. The molecule has 1 saturated carbocycles. The smallest absolute Gasteiger partial charge is 0.341 e. The molecule has 0 aliphatic heterocycles. The number of likely N-dealkylation sites (N-methyl/N-ethyl adjacent to an activating group) is 1. The summed E-state index contributed by atoms with van der Waals surface area (Å²) in [5, 5.41) is 18.1. The fraction of sp³-hybridized carbons (Fsp3) is 0.282. The van der Waals surface area contributed by atoms with E-state index in [4.69, 9.17) is 44.4 Å². The number of benzene rings is 3. The number of hydrogen-bond acceptors (Lipinski definition) is 7. The van der Waals surface area contributed by atoms with Gasteiger partial charge in [-0.2, -0.15) is 0 Å². The molecule has 2 aromatic heterocycles. The minimum atomic E-state index is -1.13. The van der Waals surface area contributed by atoms with Crippen LogP contribution in [0.3, 0.4) is 0 Å². The number of aromatic carboxylic acids is 1. The van der Waals surface area contributed by atoms with E-state index in [1.54, 1.807) is 24.4 Å². The monoisotopic (exact) mass is 764 g/mol. The van der Waals surface area contributed by atoms with E-state index in [0.717, 1.165) is 37.0 Å². The third-order valence-electron chi connectivity index (χ3n) is 9.30. The van der Waals surface area contributed by atoms with Crippen LogP contribution >= 0.6 is 46.6 Å². The second kappa shape index (κ2) is 17.1. The van der Waals surface area contributed by atoms with Crippen LogP contribution in [0, 0.1) is 13.8 Å². The normalized spacial score (nSPS) is 17.1. The number of carbonyl (C=O) groups excluding carboxylic acids is 1. The zero-order valence-corrected chi connectivity index (χ0v) is 31.8. The molecule has 0 atom stereocenters. The fourth-order valence-corrected chi connectivity index (χ4v) is 7.87. The fourth-order valence-electron chi connectivity index (χ4n) is 6.29. The van der Waals surface area contributed by atoms with Gasteiger partial charge in [0.1, 0.15) is 22.0 Å². The number of aryl methyl sites for hydroxylation is 2. The molecule has 2 N–H and O–H groups in total. The number of aromatic nitrogens is 2. The Morgan fingerprint density at radius 3 is 2.24 bits per heavy atom. The van der Waals surface area contributed by atoms with Gasteiger partial charge in [-0.1, -0.05) is 82.1 Å². The van der Waals surface area contributed by atoms with Gasteiger partial charge in [-0.25, -0.2) is 9.78 Å². The number of amides is 1. The third-order valence-corrected chi connectivity index (χ3v) is 11.2. The highest BCUT2D eigenvalue weighted by molar-refractivity contribution is 7.99. The zero-order valence-electron chi connectivity index (χ0n) is 28.8. The topological polar surface area (TPSA) is 109 Å². The summed E-state index contributed by atoms with van der Waals surface area (Å²) in [5.74, 6) is -0.968. The maximum Gasteiger partial charge on any atom is 0.341 e. The predicted molar refractivity (Wildman–Crippen MR) is 204 cm³/mol. The highest BCUT2D eigenvalue weighted by Gasteiger charge is 2.38. The lowest BCUT2D eigenvalue weighted by atomic mass is 9.74. The van der Waals surface area contributed by atoms with Crippen LogP contribution in [0.5, 0.6) is 0 Å². The Morgan fingerprint density at radius 2 is 1.61 bits per heavy atom. The van der Waals surface area contributed by atoms with Gasteiger partial charge in [0.05, 0.1) is 15.6 Å². The average Bonchev–Trinajstić information content (AvgIpc) is 3.49. The Hall–Kier alpha value is -3.86. The number of rotatable bonds is 9. The number of carbonyl (C=O) groups is 2. The quantitative estimate of drug-likeness (QED) is 0.153. The van der Waals surface area contributed by atoms with Crippen molar-refractivity contribution >= 4 is 58.4 Å². The van der Waals surface area contributed by atoms with E-state index in [0.29, 0.717) is 31.2 Å². The van der Waals surface area contributed by atoms with E-state index in [2.05, 4.69) is 65.6 Å². The van der Waals surface area contributed by atoms with E-state index in [9.17, 15) is 9.59 Å².